The van der Waals surface area contributed by atoms with E-state index >= 15 is 0 Å². The molecule has 17 heavy (non-hydrogen) atoms. The van der Waals surface area contributed by atoms with Crippen LogP contribution in [0.2, 0.25) is 5.22 Å². The fourth-order valence-corrected chi connectivity index (χ4v) is 1.90. The van der Waals surface area contributed by atoms with E-state index in [-0.39, 0.29) is 6.04 Å². The summed E-state index contributed by atoms with van der Waals surface area (Å²) in [6.07, 6.45) is 5.35. The van der Waals surface area contributed by atoms with E-state index in [4.69, 9.17) is 20.4 Å². The van der Waals surface area contributed by atoms with Crippen molar-refractivity contribution in [1.82, 2.24) is 5.32 Å². The Labute approximate surface area is 106 Å². The maximum Gasteiger partial charge on any atom is 0.193 e. The molecule has 0 saturated heterocycles. The zero-order valence-corrected chi connectivity index (χ0v) is 10.5. The van der Waals surface area contributed by atoms with Crippen LogP contribution in [0.3, 0.4) is 0 Å². The van der Waals surface area contributed by atoms with E-state index in [2.05, 4.69) is 12.2 Å². The third kappa shape index (κ3) is 3.38. The molecule has 2 aromatic rings. The van der Waals surface area contributed by atoms with Gasteiger partial charge in [-0.2, -0.15) is 0 Å². The van der Waals surface area contributed by atoms with Gasteiger partial charge in [0.05, 0.1) is 18.6 Å². The van der Waals surface area contributed by atoms with Crippen molar-refractivity contribution in [3.05, 3.63) is 47.3 Å². The van der Waals surface area contributed by atoms with Crippen LogP contribution in [0.15, 0.2) is 39.6 Å². The Balaban J connectivity index is 2.07. The van der Waals surface area contributed by atoms with E-state index in [0.717, 1.165) is 30.7 Å². The molecule has 2 aromatic heterocycles. The number of nitrogens with one attached hydrogen (secondary N) is 1. The Morgan fingerprint density at radius 1 is 1.35 bits per heavy atom. The minimum atomic E-state index is 0.139. The van der Waals surface area contributed by atoms with E-state index in [1.807, 2.05) is 12.1 Å². The molecule has 0 bridgehead atoms. The second kappa shape index (κ2) is 5.94. The monoisotopic (exact) mass is 253 g/mol. The van der Waals surface area contributed by atoms with E-state index < -0.39 is 0 Å². The first kappa shape index (κ1) is 12.3. The van der Waals surface area contributed by atoms with Gasteiger partial charge in [-0.3, -0.25) is 0 Å². The van der Waals surface area contributed by atoms with Gasteiger partial charge < -0.3 is 14.2 Å². The van der Waals surface area contributed by atoms with Gasteiger partial charge in [0, 0.05) is 0 Å². The molecule has 0 fully saturated rings. The lowest BCUT2D eigenvalue weighted by Crippen LogP contribution is -2.23. The summed E-state index contributed by atoms with van der Waals surface area (Å²) in [7, 11) is 0. The topological polar surface area (TPSA) is 38.3 Å². The largest absolute Gasteiger partial charge is 0.472 e. The van der Waals surface area contributed by atoms with Crippen LogP contribution < -0.4 is 5.32 Å². The third-order valence-corrected chi connectivity index (χ3v) is 2.80. The van der Waals surface area contributed by atoms with Crippen LogP contribution in [0.1, 0.15) is 30.7 Å². The molecule has 3 nitrogen and oxygen atoms in total. The Morgan fingerprint density at radius 3 is 2.82 bits per heavy atom. The van der Waals surface area contributed by atoms with Gasteiger partial charge >= 0.3 is 0 Å². The summed E-state index contributed by atoms with van der Waals surface area (Å²) in [5, 5.41) is 3.87. The maximum atomic E-state index is 5.81. The molecule has 2 rings (SSSR count). The first-order valence-corrected chi connectivity index (χ1v) is 6.17. The number of halogens is 1. The molecule has 0 aliphatic rings. The van der Waals surface area contributed by atoms with Crippen molar-refractivity contribution in [2.24, 2.45) is 0 Å². The van der Waals surface area contributed by atoms with Gasteiger partial charge in [0.2, 0.25) is 0 Å². The van der Waals surface area contributed by atoms with Crippen molar-refractivity contribution in [2.45, 2.75) is 25.8 Å². The Hall–Kier alpha value is -1.19. The molecule has 0 saturated carbocycles. The molecule has 0 spiro atoms. The second-order valence-electron chi connectivity index (χ2n) is 3.98. The number of furan rings is 2. The van der Waals surface area contributed by atoms with Crippen LogP contribution in [0.4, 0.5) is 0 Å². The van der Waals surface area contributed by atoms with Crippen molar-refractivity contribution in [2.75, 3.05) is 6.54 Å². The number of rotatable bonds is 6. The summed E-state index contributed by atoms with van der Waals surface area (Å²) in [4.78, 5) is 0. The quantitative estimate of drug-likeness (QED) is 0.851. The smallest absolute Gasteiger partial charge is 0.193 e. The third-order valence-electron chi connectivity index (χ3n) is 2.60. The maximum absolute atomic E-state index is 5.81. The molecule has 0 radical (unpaired) electrons. The first-order valence-electron chi connectivity index (χ1n) is 5.79. The van der Waals surface area contributed by atoms with Gasteiger partial charge in [0.25, 0.3) is 0 Å². The minimum Gasteiger partial charge on any atom is -0.472 e. The average molecular weight is 254 g/mol. The van der Waals surface area contributed by atoms with Crippen molar-refractivity contribution in [3.63, 3.8) is 0 Å². The van der Waals surface area contributed by atoms with Gasteiger partial charge in [-0.05, 0) is 54.7 Å². The molecule has 92 valence electrons. The molecular weight excluding hydrogens is 238 g/mol. The van der Waals surface area contributed by atoms with Crippen LogP contribution >= 0.6 is 11.6 Å². The summed E-state index contributed by atoms with van der Waals surface area (Å²) >= 11 is 5.81. The zero-order chi connectivity index (χ0) is 12.1. The molecule has 0 amide bonds. The number of hydrogen-bond acceptors (Lipinski definition) is 3. The van der Waals surface area contributed by atoms with E-state index in [1.165, 1.54) is 0 Å². The van der Waals surface area contributed by atoms with E-state index in [9.17, 15) is 0 Å². The lowest BCUT2D eigenvalue weighted by Gasteiger charge is -2.15. The first-order chi connectivity index (χ1) is 8.29. The lowest BCUT2D eigenvalue weighted by molar-refractivity contribution is 0.410. The highest BCUT2D eigenvalue weighted by Crippen LogP contribution is 2.23. The van der Waals surface area contributed by atoms with Crippen LogP contribution in [-0.2, 0) is 6.42 Å². The fourth-order valence-electron chi connectivity index (χ4n) is 1.75. The summed E-state index contributed by atoms with van der Waals surface area (Å²) in [6.45, 7) is 3.08. The average Bonchev–Trinajstić information content (AvgIpc) is 2.95. The molecule has 4 heteroatoms. The summed E-state index contributed by atoms with van der Waals surface area (Å²) in [5.74, 6) is 0.865. The molecule has 0 aromatic carbocycles. The van der Waals surface area contributed by atoms with E-state index in [0.29, 0.717) is 5.22 Å². The molecule has 1 unspecified atom stereocenters. The summed E-state index contributed by atoms with van der Waals surface area (Å²) in [6, 6.07) is 5.79. The fraction of sp³-hybridized carbons (Fsp3) is 0.385. The highest BCUT2D eigenvalue weighted by atomic mass is 35.5. The predicted octanol–water partition coefficient (Wildman–Crippen LogP) is 3.81. The van der Waals surface area contributed by atoms with Crippen LogP contribution in [0.5, 0.6) is 0 Å². The van der Waals surface area contributed by atoms with E-state index in [1.54, 1.807) is 18.6 Å². The van der Waals surface area contributed by atoms with Crippen molar-refractivity contribution < 1.29 is 8.83 Å². The Kier molecular flexibility index (Phi) is 4.29. The van der Waals surface area contributed by atoms with Crippen LogP contribution in [0.25, 0.3) is 0 Å². The normalized spacial score (nSPS) is 12.8. The lowest BCUT2D eigenvalue weighted by atomic mass is 10.1. The van der Waals surface area contributed by atoms with Gasteiger partial charge in [0.1, 0.15) is 5.76 Å². The molecule has 0 aliphatic carbocycles. The summed E-state index contributed by atoms with van der Waals surface area (Å²) in [5.41, 5.74) is 1.14. The Bertz CT molecular complexity index is 436. The zero-order valence-electron chi connectivity index (χ0n) is 9.78. The number of hydrogen-bond donors (Lipinski definition) is 1. The van der Waals surface area contributed by atoms with Crippen LogP contribution in [-0.4, -0.2) is 6.54 Å². The molecule has 1 atom stereocenters. The molecular formula is C13H16ClNO2. The van der Waals surface area contributed by atoms with Crippen molar-refractivity contribution in [3.8, 4) is 0 Å². The second-order valence-corrected chi connectivity index (χ2v) is 4.36. The molecule has 1 N–H and O–H groups in total. The van der Waals surface area contributed by atoms with Gasteiger partial charge in [-0.15, -0.1) is 0 Å². The van der Waals surface area contributed by atoms with Crippen molar-refractivity contribution >= 4 is 11.6 Å². The molecule has 0 aliphatic heterocycles. The highest BCUT2D eigenvalue weighted by molar-refractivity contribution is 6.28. The van der Waals surface area contributed by atoms with Gasteiger partial charge in [0.15, 0.2) is 5.22 Å². The minimum absolute atomic E-state index is 0.139. The van der Waals surface area contributed by atoms with Gasteiger partial charge in [-0.1, -0.05) is 6.92 Å². The molecule has 2 heterocycles. The SMILES string of the molecule is CCCNC(Cc1ccoc1)c1ccc(Cl)o1. The summed E-state index contributed by atoms with van der Waals surface area (Å²) < 4.78 is 10.5. The van der Waals surface area contributed by atoms with Gasteiger partial charge in [-0.25, -0.2) is 0 Å². The van der Waals surface area contributed by atoms with Crippen LogP contribution in [0, 0.1) is 0 Å². The van der Waals surface area contributed by atoms with Crippen molar-refractivity contribution in [1.29, 1.82) is 0 Å². The highest BCUT2D eigenvalue weighted by Gasteiger charge is 2.15. The Morgan fingerprint density at radius 2 is 2.24 bits per heavy atom. The predicted molar refractivity (Wildman–Crippen MR) is 67.2 cm³/mol. The standard InChI is InChI=1S/C13H16ClNO2/c1-2-6-15-11(8-10-5-7-16-9-10)12-3-4-13(14)17-12/h3-5,7,9,11,15H,2,6,8H2,1H3.